The molecule has 3 fully saturated rings. The van der Waals surface area contributed by atoms with Gasteiger partial charge in [-0.1, -0.05) is 24.3 Å². The van der Waals surface area contributed by atoms with Crippen LogP contribution in [0.3, 0.4) is 0 Å². The van der Waals surface area contributed by atoms with Crippen molar-refractivity contribution in [2.75, 3.05) is 39.3 Å². The fourth-order valence-electron chi connectivity index (χ4n) is 5.58. The molecule has 2 amide bonds. The molecule has 158 valence electrons. The van der Waals surface area contributed by atoms with Gasteiger partial charge in [0, 0.05) is 57.9 Å². The number of carbonyl (C=O) groups is 2. The van der Waals surface area contributed by atoms with Gasteiger partial charge >= 0.3 is 0 Å². The molecule has 30 heavy (non-hydrogen) atoms. The van der Waals surface area contributed by atoms with Crippen LogP contribution < -0.4 is 0 Å². The van der Waals surface area contributed by atoms with Crippen molar-refractivity contribution in [3.63, 3.8) is 0 Å². The average Bonchev–Trinajstić information content (AvgIpc) is 3.42. The first kappa shape index (κ1) is 19.4. The molecule has 2 heterocycles. The highest BCUT2D eigenvalue weighted by atomic mass is 16.6. The van der Waals surface area contributed by atoms with Gasteiger partial charge in [-0.15, -0.1) is 0 Å². The molecule has 2 saturated heterocycles. The van der Waals surface area contributed by atoms with Crippen LogP contribution in [0, 0.1) is 33.8 Å². The minimum absolute atomic E-state index is 0.0404. The van der Waals surface area contributed by atoms with Gasteiger partial charge in [0.25, 0.3) is 5.69 Å². The molecule has 2 bridgehead atoms. The summed E-state index contributed by atoms with van der Waals surface area (Å²) in [5.74, 6) is 0.406. The normalized spacial score (nSPS) is 31.0. The predicted molar refractivity (Wildman–Crippen MR) is 109 cm³/mol. The van der Waals surface area contributed by atoms with E-state index in [0.717, 1.165) is 51.3 Å². The first-order chi connectivity index (χ1) is 14.5. The molecule has 0 N–H and O–H groups in total. The zero-order valence-corrected chi connectivity index (χ0v) is 16.9. The van der Waals surface area contributed by atoms with E-state index < -0.39 is 0 Å². The van der Waals surface area contributed by atoms with Gasteiger partial charge in [-0.05, 0) is 23.8 Å². The zero-order chi connectivity index (χ0) is 20.8. The maximum atomic E-state index is 12.8. The molecule has 0 radical (unpaired) electrons. The Labute approximate surface area is 175 Å². The van der Waals surface area contributed by atoms with Gasteiger partial charge in [0.15, 0.2) is 0 Å². The molecule has 5 rings (SSSR count). The molecular weight excluding hydrogens is 384 g/mol. The molecule has 4 aliphatic rings. The Balaban J connectivity index is 1.09. The van der Waals surface area contributed by atoms with Crippen molar-refractivity contribution in [3.8, 4) is 0 Å². The maximum Gasteiger partial charge on any atom is 0.269 e. The second-order valence-corrected chi connectivity index (χ2v) is 8.87. The molecule has 4 atom stereocenters. The molecule has 2 aliphatic carbocycles. The molecule has 1 aromatic rings. The number of fused-ring (bicyclic) bond motifs is 5. The van der Waals surface area contributed by atoms with Gasteiger partial charge in [-0.2, -0.15) is 0 Å². The van der Waals surface area contributed by atoms with E-state index in [0.29, 0.717) is 6.54 Å². The van der Waals surface area contributed by atoms with Crippen molar-refractivity contribution in [3.05, 3.63) is 52.1 Å². The Bertz CT molecular complexity index is 861. The first-order valence-corrected chi connectivity index (χ1v) is 10.7. The van der Waals surface area contributed by atoms with Crippen LogP contribution in [0.1, 0.15) is 12.0 Å². The SMILES string of the molecule is O=C1[C@H]2[C@H](C(=O)N1CCN1CCN(Cc3ccc([N+](=O)[O-])cc3)CC1)[C@H]1C=C[C@H]2C1. The molecule has 8 nitrogen and oxygen atoms in total. The van der Waals surface area contributed by atoms with Crippen LogP contribution in [0.25, 0.3) is 0 Å². The Morgan fingerprint density at radius 1 is 0.867 bits per heavy atom. The van der Waals surface area contributed by atoms with E-state index in [9.17, 15) is 19.7 Å². The van der Waals surface area contributed by atoms with Crippen molar-refractivity contribution >= 4 is 17.5 Å². The number of rotatable bonds is 6. The summed E-state index contributed by atoms with van der Waals surface area (Å²) in [6.07, 6.45) is 5.23. The van der Waals surface area contributed by atoms with Crippen LogP contribution in [0.4, 0.5) is 5.69 Å². The second kappa shape index (κ2) is 7.59. The third-order valence-corrected chi connectivity index (χ3v) is 7.22. The molecule has 1 aromatic carbocycles. The third-order valence-electron chi connectivity index (χ3n) is 7.22. The number of piperazine rings is 1. The number of amides is 2. The molecule has 0 aromatic heterocycles. The lowest BCUT2D eigenvalue weighted by Gasteiger charge is -2.35. The Kier molecular flexibility index (Phi) is 4.91. The summed E-state index contributed by atoms with van der Waals surface area (Å²) in [5.41, 5.74) is 1.18. The van der Waals surface area contributed by atoms with Crippen LogP contribution in [-0.2, 0) is 16.1 Å². The minimum Gasteiger partial charge on any atom is -0.299 e. The van der Waals surface area contributed by atoms with Gasteiger partial charge in [-0.25, -0.2) is 0 Å². The van der Waals surface area contributed by atoms with Gasteiger partial charge in [0.2, 0.25) is 11.8 Å². The molecule has 0 unspecified atom stereocenters. The highest BCUT2D eigenvalue weighted by Gasteiger charge is 2.59. The van der Waals surface area contributed by atoms with Crippen molar-refractivity contribution in [2.45, 2.75) is 13.0 Å². The number of hydrogen-bond donors (Lipinski definition) is 0. The molecular formula is C22H26N4O4. The number of carbonyl (C=O) groups excluding carboxylic acids is 2. The summed E-state index contributed by atoms with van der Waals surface area (Å²) in [5, 5.41) is 10.8. The lowest BCUT2D eigenvalue weighted by Crippen LogP contribution is -2.48. The van der Waals surface area contributed by atoms with E-state index in [1.54, 1.807) is 12.1 Å². The van der Waals surface area contributed by atoms with E-state index >= 15 is 0 Å². The van der Waals surface area contributed by atoms with Crippen LogP contribution in [0.5, 0.6) is 0 Å². The van der Waals surface area contributed by atoms with E-state index in [1.165, 1.54) is 4.90 Å². The number of hydrogen-bond acceptors (Lipinski definition) is 6. The summed E-state index contributed by atoms with van der Waals surface area (Å²) in [7, 11) is 0. The number of imide groups is 1. The van der Waals surface area contributed by atoms with E-state index in [4.69, 9.17) is 0 Å². The minimum atomic E-state index is -0.382. The average molecular weight is 410 g/mol. The third kappa shape index (κ3) is 3.33. The van der Waals surface area contributed by atoms with E-state index in [-0.39, 0.29) is 46.1 Å². The lowest BCUT2D eigenvalue weighted by molar-refractivity contribution is -0.384. The Morgan fingerprint density at radius 2 is 1.43 bits per heavy atom. The number of nitro benzene ring substituents is 1. The summed E-state index contributed by atoms with van der Waals surface area (Å²) >= 11 is 0. The quantitative estimate of drug-likeness (QED) is 0.306. The van der Waals surface area contributed by atoms with Gasteiger partial charge in [-0.3, -0.25) is 34.4 Å². The molecule has 2 aliphatic heterocycles. The molecule has 8 heteroatoms. The number of non-ortho nitro benzene ring substituents is 1. The summed E-state index contributed by atoms with van der Waals surface area (Å²) in [6, 6.07) is 6.72. The molecule has 1 saturated carbocycles. The monoisotopic (exact) mass is 410 g/mol. The number of nitrogens with zero attached hydrogens (tertiary/aromatic N) is 4. The predicted octanol–water partition coefficient (Wildman–Crippen LogP) is 1.52. The lowest BCUT2D eigenvalue weighted by atomic mass is 9.85. The van der Waals surface area contributed by atoms with Gasteiger partial charge < -0.3 is 0 Å². The highest BCUT2D eigenvalue weighted by molar-refractivity contribution is 6.06. The first-order valence-electron chi connectivity index (χ1n) is 10.7. The van der Waals surface area contributed by atoms with Crippen molar-refractivity contribution < 1.29 is 14.5 Å². The second-order valence-electron chi connectivity index (χ2n) is 8.87. The smallest absolute Gasteiger partial charge is 0.269 e. The van der Waals surface area contributed by atoms with Crippen LogP contribution in [0.2, 0.25) is 0 Å². The topological polar surface area (TPSA) is 87.0 Å². The van der Waals surface area contributed by atoms with Gasteiger partial charge in [0.1, 0.15) is 0 Å². The summed E-state index contributed by atoms with van der Waals surface area (Å²) < 4.78 is 0. The number of nitro groups is 1. The summed E-state index contributed by atoms with van der Waals surface area (Å²) in [6.45, 7) is 5.58. The fourth-order valence-corrected chi connectivity index (χ4v) is 5.58. The standard InChI is InChI=1S/C22H26N4O4/c27-21-19-16-3-4-17(13-16)20(19)22(28)25(21)12-11-23-7-9-24(10-8-23)14-15-1-5-18(6-2-15)26(29)30/h1-6,16-17,19-20H,7-14H2/t16-,17-,19+,20+/m0/s1. The van der Waals surface area contributed by atoms with Crippen molar-refractivity contribution in [1.82, 2.24) is 14.7 Å². The van der Waals surface area contributed by atoms with E-state index in [1.807, 2.05) is 12.1 Å². The number of allylic oxidation sites excluding steroid dienone is 2. The highest BCUT2D eigenvalue weighted by Crippen LogP contribution is 2.52. The number of likely N-dealkylation sites (tertiary alicyclic amines) is 1. The van der Waals surface area contributed by atoms with Crippen LogP contribution >= 0.6 is 0 Å². The zero-order valence-electron chi connectivity index (χ0n) is 16.9. The maximum absolute atomic E-state index is 12.8. The Hall–Kier alpha value is -2.58. The van der Waals surface area contributed by atoms with E-state index in [2.05, 4.69) is 22.0 Å². The molecule has 0 spiro atoms. The van der Waals surface area contributed by atoms with Crippen LogP contribution in [0.15, 0.2) is 36.4 Å². The summed E-state index contributed by atoms with van der Waals surface area (Å²) in [4.78, 5) is 42.1. The van der Waals surface area contributed by atoms with Crippen molar-refractivity contribution in [1.29, 1.82) is 0 Å². The van der Waals surface area contributed by atoms with Gasteiger partial charge in [0.05, 0.1) is 16.8 Å². The fraction of sp³-hybridized carbons (Fsp3) is 0.545. The van der Waals surface area contributed by atoms with Crippen molar-refractivity contribution in [2.24, 2.45) is 23.7 Å². The largest absolute Gasteiger partial charge is 0.299 e. The Morgan fingerprint density at radius 3 is 2.00 bits per heavy atom. The van der Waals surface area contributed by atoms with Crippen LogP contribution in [-0.4, -0.2) is 70.7 Å². The number of benzene rings is 1.